The molecule has 0 aromatic heterocycles. The second-order valence-corrected chi connectivity index (χ2v) is 3.01. The molecule has 0 unspecified atom stereocenters. The molecule has 1 fully saturated rings. The van der Waals surface area contributed by atoms with Gasteiger partial charge in [-0.05, 0) is 6.92 Å². The fourth-order valence-electron chi connectivity index (χ4n) is 1.19. The average Bonchev–Trinajstić information content (AvgIpc) is 1.93. The maximum absolute atomic E-state index is 10.3. The van der Waals surface area contributed by atoms with Gasteiger partial charge in [0, 0.05) is 25.2 Å². The first-order valence-electron chi connectivity index (χ1n) is 3.87. The van der Waals surface area contributed by atoms with E-state index >= 15 is 0 Å². The molecule has 1 aliphatic heterocycles. The van der Waals surface area contributed by atoms with Gasteiger partial charge in [0.15, 0.2) is 0 Å². The van der Waals surface area contributed by atoms with Crippen molar-refractivity contribution in [3.63, 3.8) is 0 Å². The zero-order valence-corrected chi connectivity index (χ0v) is 6.63. The van der Waals surface area contributed by atoms with E-state index in [0.29, 0.717) is 6.04 Å². The Balaban J connectivity index is 2.22. The molecule has 1 saturated heterocycles. The lowest BCUT2D eigenvalue weighted by atomic mass is 10.1. The molecule has 4 heteroatoms. The highest BCUT2D eigenvalue weighted by atomic mass is 16.4. The third-order valence-electron chi connectivity index (χ3n) is 1.85. The van der Waals surface area contributed by atoms with Crippen LogP contribution in [0.1, 0.15) is 13.3 Å². The predicted octanol–water partition coefficient (Wildman–Crippen LogP) is -0.589. The van der Waals surface area contributed by atoms with E-state index in [9.17, 15) is 4.79 Å². The molecule has 0 aromatic rings. The molecule has 0 spiro atoms. The van der Waals surface area contributed by atoms with Crippen LogP contribution in [0.15, 0.2) is 0 Å². The lowest BCUT2D eigenvalue weighted by Gasteiger charge is -2.27. The van der Waals surface area contributed by atoms with E-state index in [1.807, 2.05) is 0 Å². The zero-order chi connectivity index (χ0) is 8.27. The summed E-state index contributed by atoms with van der Waals surface area (Å²) in [4.78, 5) is 10.3. The van der Waals surface area contributed by atoms with Gasteiger partial charge in [0.1, 0.15) is 0 Å². The standard InChI is InChI=1S/C7H14N2O2/c1-5-3-9-6(4-8-5)2-7(10)11/h5-6,8-9H,2-4H2,1H3,(H,10,11)/t5-,6-/m0/s1. The van der Waals surface area contributed by atoms with Crippen molar-refractivity contribution >= 4 is 5.97 Å². The summed E-state index contributed by atoms with van der Waals surface area (Å²) in [6, 6.07) is 0.559. The van der Waals surface area contributed by atoms with E-state index in [4.69, 9.17) is 5.11 Å². The average molecular weight is 158 g/mol. The SMILES string of the molecule is C[C@H]1CN[C@@H](CC(=O)O)CN1. The van der Waals surface area contributed by atoms with Gasteiger partial charge in [-0.2, -0.15) is 0 Å². The van der Waals surface area contributed by atoms with Gasteiger partial charge < -0.3 is 15.7 Å². The largest absolute Gasteiger partial charge is 0.481 e. The molecule has 0 bridgehead atoms. The molecule has 64 valence electrons. The number of piperazine rings is 1. The zero-order valence-electron chi connectivity index (χ0n) is 6.63. The summed E-state index contributed by atoms with van der Waals surface area (Å²) in [6.45, 7) is 3.69. The van der Waals surface area contributed by atoms with Crippen LogP contribution in [0, 0.1) is 0 Å². The summed E-state index contributed by atoms with van der Waals surface area (Å²) in [6.07, 6.45) is 0.208. The van der Waals surface area contributed by atoms with Gasteiger partial charge in [-0.1, -0.05) is 0 Å². The molecule has 2 atom stereocenters. The summed E-state index contributed by atoms with van der Waals surface area (Å²) in [7, 11) is 0. The first kappa shape index (κ1) is 8.49. The Morgan fingerprint density at radius 3 is 2.73 bits per heavy atom. The Hall–Kier alpha value is -0.610. The Morgan fingerprint density at radius 2 is 2.27 bits per heavy atom. The molecule has 0 amide bonds. The van der Waals surface area contributed by atoms with Crippen molar-refractivity contribution in [3.05, 3.63) is 0 Å². The third kappa shape index (κ3) is 2.86. The van der Waals surface area contributed by atoms with E-state index in [1.54, 1.807) is 0 Å². The van der Waals surface area contributed by atoms with Crippen molar-refractivity contribution in [3.8, 4) is 0 Å². The van der Waals surface area contributed by atoms with Crippen molar-refractivity contribution in [2.24, 2.45) is 0 Å². The van der Waals surface area contributed by atoms with E-state index < -0.39 is 5.97 Å². The number of rotatable bonds is 2. The minimum atomic E-state index is -0.737. The van der Waals surface area contributed by atoms with E-state index in [0.717, 1.165) is 13.1 Å². The van der Waals surface area contributed by atoms with Gasteiger partial charge in [0.2, 0.25) is 0 Å². The summed E-state index contributed by atoms with van der Waals surface area (Å²) in [5, 5.41) is 14.8. The van der Waals surface area contributed by atoms with Crippen LogP contribution in [0.3, 0.4) is 0 Å². The van der Waals surface area contributed by atoms with Gasteiger partial charge in [-0.3, -0.25) is 4.79 Å². The normalized spacial score (nSPS) is 31.7. The Kier molecular flexibility index (Phi) is 2.84. The minimum absolute atomic E-state index is 0.101. The monoisotopic (exact) mass is 158 g/mol. The fraction of sp³-hybridized carbons (Fsp3) is 0.857. The van der Waals surface area contributed by atoms with Crippen molar-refractivity contribution < 1.29 is 9.90 Å². The van der Waals surface area contributed by atoms with Crippen molar-refractivity contribution in [2.75, 3.05) is 13.1 Å². The smallest absolute Gasteiger partial charge is 0.304 e. The molecular formula is C7H14N2O2. The molecule has 11 heavy (non-hydrogen) atoms. The maximum atomic E-state index is 10.3. The van der Waals surface area contributed by atoms with Crippen molar-refractivity contribution in [2.45, 2.75) is 25.4 Å². The molecule has 1 aliphatic rings. The summed E-state index contributed by atoms with van der Waals surface area (Å²) in [5.41, 5.74) is 0. The molecule has 0 aliphatic carbocycles. The summed E-state index contributed by atoms with van der Waals surface area (Å²) in [5.74, 6) is -0.737. The Bertz CT molecular complexity index is 141. The van der Waals surface area contributed by atoms with Crippen molar-refractivity contribution in [1.82, 2.24) is 10.6 Å². The highest BCUT2D eigenvalue weighted by Crippen LogP contribution is 1.96. The van der Waals surface area contributed by atoms with Crippen LogP contribution in [0.2, 0.25) is 0 Å². The second-order valence-electron chi connectivity index (χ2n) is 3.01. The van der Waals surface area contributed by atoms with Gasteiger partial charge >= 0.3 is 5.97 Å². The summed E-state index contributed by atoms with van der Waals surface area (Å²) >= 11 is 0. The molecule has 0 saturated carbocycles. The first-order valence-corrected chi connectivity index (χ1v) is 3.87. The lowest BCUT2D eigenvalue weighted by molar-refractivity contribution is -0.137. The molecule has 0 aromatic carbocycles. The highest BCUT2D eigenvalue weighted by Gasteiger charge is 2.18. The maximum Gasteiger partial charge on any atom is 0.304 e. The Labute approximate surface area is 66.0 Å². The molecule has 1 heterocycles. The fourth-order valence-corrected chi connectivity index (χ4v) is 1.19. The van der Waals surface area contributed by atoms with E-state index in [-0.39, 0.29) is 12.5 Å². The first-order chi connectivity index (χ1) is 5.18. The lowest BCUT2D eigenvalue weighted by Crippen LogP contribution is -2.53. The van der Waals surface area contributed by atoms with Gasteiger partial charge in [0.05, 0.1) is 6.42 Å². The molecular weight excluding hydrogens is 144 g/mol. The second kappa shape index (κ2) is 3.69. The number of aliphatic carboxylic acids is 1. The van der Waals surface area contributed by atoms with Crippen LogP contribution in [0.5, 0.6) is 0 Å². The molecule has 3 N–H and O–H groups in total. The third-order valence-corrected chi connectivity index (χ3v) is 1.85. The van der Waals surface area contributed by atoms with E-state index in [1.165, 1.54) is 0 Å². The number of carboxylic acids is 1. The number of carboxylic acid groups (broad SMARTS) is 1. The molecule has 4 nitrogen and oxygen atoms in total. The van der Waals surface area contributed by atoms with Crippen LogP contribution in [-0.2, 0) is 4.79 Å². The number of hydrogen-bond donors (Lipinski definition) is 3. The topological polar surface area (TPSA) is 61.4 Å². The Morgan fingerprint density at radius 1 is 1.55 bits per heavy atom. The number of nitrogens with one attached hydrogen (secondary N) is 2. The van der Waals surface area contributed by atoms with Crippen LogP contribution < -0.4 is 10.6 Å². The number of carbonyl (C=O) groups is 1. The van der Waals surface area contributed by atoms with Gasteiger partial charge in [0.25, 0.3) is 0 Å². The molecule has 1 rings (SSSR count). The van der Waals surface area contributed by atoms with Crippen LogP contribution >= 0.6 is 0 Å². The van der Waals surface area contributed by atoms with Crippen LogP contribution in [-0.4, -0.2) is 36.2 Å². The van der Waals surface area contributed by atoms with Crippen LogP contribution in [0.4, 0.5) is 0 Å². The molecule has 0 radical (unpaired) electrons. The van der Waals surface area contributed by atoms with Gasteiger partial charge in [-0.15, -0.1) is 0 Å². The predicted molar refractivity (Wildman–Crippen MR) is 41.5 cm³/mol. The minimum Gasteiger partial charge on any atom is -0.481 e. The quantitative estimate of drug-likeness (QED) is 0.503. The van der Waals surface area contributed by atoms with Crippen molar-refractivity contribution in [1.29, 1.82) is 0 Å². The highest BCUT2D eigenvalue weighted by molar-refractivity contribution is 5.67. The summed E-state index contributed by atoms with van der Waals surface area (Å²) < 4.78 is 0. The van der Waals surface area contributed by atoms with Gasteiger partial charge in [-0.25, -0.2) is 0 Å². The number of hydrogen-bond acceptors (Lipinski definition) is 3. The van der Waals surface area contributed by atoms with Crippen LogP contribution in [0.25, 0.3) is 0 Å². The van der Waals surface area contributed by atoms with E-state index in [2.05, 4.69) is 17.6 Å².